The van der Waals surface area contributed by atoms with Crippen LogP contribution in [0.3, 0.4) is 0 Å². The van der Waals surface area contributed by atoms with Crippen LogP contribution in [0.1, 0.15) is 57.9 Å². The van der Waals surface area contributed by atoms with E-state index in [4.69, 9.17) is 9.94 Å². The van der Waals surface area contributed by atoms with Crippen molar-refractivity contribution in [2.45, 2.75) is 58.5 Å². The monoisotopic (exact) mass is 275 g/mol. The SMILES string of the molecule is CCC(=NO)c1ccc(OC2CCC(CC)CC2)cc1. The Morgan fingerprint density at radius 1 is 1.15 bits per heavy atom. The number of ether oxygens (including phenoxy) is 1. The van der Waals surface area contributed by atoms with Gasteiger partial charge in [-0.2, -0.15) is 0 Å². The van der Waals surface area contributed by atoms with Crippen molar-refractivity contribution in [3.05, 3.63) is 29.8 Å². The molecule has 0 aliphatic heterocycles. The van der Waals surface area contributed by atoms with Gasteiger partial charge in [0.1, 0.15) is 5.75 Å². The summed E-state index contributed by atoms with van der Waals surface area (Å²) in [5.41, 5.74) is 1.66. The van der Waals surface area contributed by atoms with E-state index in [9.17, 15) is 0 Å². The Morgan fingerprint density at radius 3 is 2.30 bits per heavy atom. The van der Waals surface area contributed by atoms with E-state index < -0.39 is 0 Å². The van der Waals surface area contributed by atoms with Gasteiger partial charge >= 0.3 is 0 Å². The molecule has 1 aliphatic rings. The fourth-order valence-corrected chi connectivity index (χ4v) is 2.91. The lowest BCUT2D eigenvalue weighted by molar-refractivity contribution is 0.130. The molecule has 0 spiro atoms. The van der Waals surface area contributed by atoms with Crippen LogP contribution in [-0.4, -0.2) is 17.0 Å². The summed E-state index contributed by atoms with van der Waals surface area (Å²) < 4.78 is 6.05. The number of hydrogen-bond donors (Lipinski definition) is 1. The van der Waals surface area contributed by atoms with Gasteiger partial charge in [0, 0.05) is 0 Å². The molecule has 1 aromatic carbocycles. The van der Waals surface area contributed by atoms with Gasteiger partial charge in [0.05, 0.1) is 11.8 Å². The van der Waals surface area contributed by atoms with Crippen LogP contribution < -0.4 is 4.74 Å². The Morgan fingerprint density at radius 2 is 1.80 bits per heavy atom. The number of hydrogen-bond acceptors (Lipinski definition) is 3. The number of rotatable bonds is 5. The number of nitrogens with zero attached hydrogens (tertiary/aromatic N) is 1. The van der Waals surface area contributed by atoms with Crippen LogP contribution >= 0.6 is 0 Å². The maximum absolute atomic E-state index is 8.91. The molecule has 3 nitrogen and oxygen atoms in total. The van der Waals surface area contributed by atoms with Crippen LogP contribution in [0.4, 0.5) is 0 Å². The van der Waals surface area contributed by atoms with Crippen molar-refractivity contribution in [2.75, 3.05) is 0 Å². The molecule has 110 valence electrons. The highest BCUT2D eigenvalue weighted by Gasteiger charge is 2.21. The standard InChI is InChI=1S/C17H25NO2/c1-3-13-5-9-15(10-6-13)20-16-11-7-14(8-12-16)17(4-2)18-19/h7-8,11-13,15,19H,3-6,9-10H2,1-2H3. The van der Waals surface area contributed by atoms with Crippen molar-refractivity contribution >= 4 is 5.71 Å². The molecule has 1 saturated carbocycles. The van der Waals surface area contributed by atoms with Crippen molar-refractivity contribution < 1.29 is 9.94 Å². The van der Waals surface area contributed by atoms with Crippen LogP contribution in [0, 0.1) is 5.92 Å². The van der Waals surface area contributed by atoms with Crippen molar-refractivity contribution in [1.82, 2.24) is 0 Å². The summed E-state index contributed by atoms with van der Waals surface area (Å²) in [5.74, 6) is 1.81. The van der Waals surface area contributed by atoms with Crippen molar-refractivity contribution in [3.63, 3.8) is 0 Å². The zero-order chi connectivity index (χ0) is 14.4. The van der Waals surface area contributed by atoms with Crippen LogP contribution in [0.5, 0.6) is 5.75 Å². The minimum atomic E-state index is 0.362. The molecular weight excluding hydrogens is 250 g/mol. The van der Waals surface area contributed by atoms with Gasteiger partial charge in [-0.25, -0.2) is 0 Å². The molecule has 1 aromatic rings. The van der Waals surface area contributed by atoms with E-state index in [1.54, 1.807) is 0 Å². The smallest absolute Gasteiger partial charge is 0.119 e. The van der Waals surface area contributed by atoms with Gasteiger partial charge < -0.3 is 9.94 Å². The second kappa shape index (κ2) is 7.32. The first-order chi connectivity index (χ1) is 9.76. The van der Waals surface area contributed by atoms with Crippen LogP contribution in [0.15, 0.2) is 29.4 Å². The van der Waals surface area contributed by atoms with E-state index in [2.05, 4.69) is 12.1 Å². The van der Waals surface area contributed by atoms with Gasteiger partial charge in [0.25, 0.3) is 0 Å². The first-order valence-electron chi connectivity index (χ1n) is 7.74. The summed E-state index contributed by atoms with van der Waals surface area (Å²) in [6.07, 6.45) is 7.28. The topological polar surface area (TPSA) is 41.8 Å². The van der Waals surface area contributed by atoms with Gasteiger partial charge in [-0.3, -0.25) is 0 Å². The predicted molar refractivity (Wildman–Crippen MR) is 81.7 cm³/mol. The summed E-state index contributed by atoms with van der Waals surface area (Å²) >= 11 is 0. The van der Waals surface area contributed by atoms with E-state index in [-0.39, 0.29) is 0 Å². The van der Waals surface area contributed by atoms with Crippen LogP contribution in [0.2, 0.25) is 0 Å². The van der Waals surface area contributed by atoms with E-state index in [1.165, 1.54) is 32.1 Å². The highest BCUT2D eigenvalue weighted by molar-refractivity contribution is 6.00. The molecule has 1 N–H and O–H groups in total. The molecule has 0 atom stereocenters. The lowest BCUT2D eigenvalue weighted by Gasteiger charge is -2.28. The molecule has 0 heterocycles. The molecule has 2 rings (SSSR count). The van der Waals surface area contributed by atoms with E-state index >= 15 is 0 Å². The molecule has 0 unspecified atom stereocenters. The van der Waals surface area contributed by atoms with Crippen molar-refractivity contribution in [1.29, 1.82) is 0 Å². The Balaban J connectivity index is 1.91. The lowest BCUT2D eigenvalue weighted by atomic mass is 9.86. The molecule has 1 fully saturated rings. The third-order valence-corrected chi connectivity index (χ3v) is 4.32. The van der Waals surface area contributed by atoms with Gasteiger partial charge in [0.15, 0.2) is 0 Å². The molecule has 0 bridgehead atoms. The molecular formula is C17H25NO2. The largest absolute Gasteiger partial charge is 0.490 e. The number of oxime groups is 1. The maximum atomic E-state index is 8.91. The summed E-state index contributed by atoms with van der Waals surface area (Å²) in [4.78, 5) is 0. The summed E-state index contributed by atoms with van der Waals surface area (Å²) in [5, 5.41) is 12.2. The fourth-order valence-electron chi connectivity index (χ4n) is 2.91. The summed E-state index contributed by atoms with van der Waals surface area (Å²) in [7, 11) is 0. The van der Waals surface area contributed by atoms with Crippen LogP contribution in [0.25, 0.3) is 0 Å². The lowest BCUT2D eigenvalue weighted by Crippen LogP contribution is -2.23. The van der Waals surface area contributed by atoms with Gasteiger partial charge in [0.2, 0.25) is 0 Å². The molecule has 1 aliphatic carbocycles. The van der Waals surface area contributed by atoms with E-state index in [0.29, 0.717) is 11.8 Å². The summed E-state index contributed by atoms with van der Waals surface area (Å²) in [6, 6.07) is 7.88. The highest BCUT2D eigenvalue weighted by Crippen LogP contribution is 2.29. The molecule has 0 aromatic heterocycles. The molecule has 0 radical (unpaired) electrons. The van der Waals surface area contributed by atoms with Crippen LogP contribution in [-0.2, 0) is 0 Å². The third kappa shape index (κ3) is 3.75. The Kier molecular flexibility index (Phi) is 5.45. The first-order valence-corrected chi connectivity index (χ1v) is 7.74. The van der Waals surface area contributed by atoms with E-state index in [1.807, 2.05) is 31.2 Å². The molecule has 20 heavy (non-hydrogen) atoms. The maximum Gasteiger partial charge on any atom is 0.119 e. The van der Waals surface area contributed by atoms with Gasteiger partial charge in [-0.15, -0.1) is 0 Å². The minimum Gasteiger partial charge on any atom is -0.490 e. The zero-order valence-electron chi connectivity index (χ0n) is 12.5. The summed E-state index contributed by atoms with van der Waals surface area (Å²) in [6.45, 7) is 4.25. The first kappa shape index (κ1) is 14.9. The Bertz CT molecular complexity index is 431. The zero-order valence-corrected chi connectivity index (χ0v) is 12.5. The Labute approximate surface area is 121 Å². The van der Waals surface area contributed by atoms with Gasteiger partial charge in [-0.1, -0.05) is 25.4 Å². The number of benzene rings is 1. The molecule has 0 saturated heterocycles. The average Bonchev–Trinajstić information content (AvgIpc) is 2.51. The van der Waals surface area contributed by atoms with Crippen molar-refractivity contribution in [3.8, 4) is 5.75 Å². The van der Waals surface area contributed by atoms with Gasteiger partial charge in [-0.05, 0) is 67.9 Å². The predicted octanol–water partition coefficient (Wildman–Crippen LogP) is 4.62. The molecule has 0 amide bonds. The fraction of sp³-hybridized carbons (Fsp3) is 0.588. The average molecular weight is 275 g/mol. The minimum absolute atomic E-state index is 0.362. The quantitative estimate of drug-likeness (QED) is 0.484. The third-order valence-electron chi connectivity index (χ3n) is 4.32. The second-order valence-electron chi connectivity index (χ2n) is 5.59. The Hall–Kier alpha value is -1.51. The van der Waals surface area contributed by atoms with Crippen molar-refractivity contribution in [2.24, 2.45) is 11.1 Å². The normalized spacial score (nSPS) is 23.6. The second-order valence-corrected chi connectivity index (χ2v) is 5.59. The van der Waals surface area contributed by atoms with E-state index in [0.717, 1.165) is 23.7 Å². The molecule has 3 heteroatoms. The highest BCUT2D eigenvalue weighted by atomic mass is 16.5.